The summed E-state index contributed by atoms with van der Waals surface area (Å²) in [4.78, 5) is 11.9. The zero-order valence-electron chi connectivity index (χ0n) is 8.80. The molecule has 0 saturated carbocycles. The number of hydrogen-bond donors (Lipinski definition) is 1. The lowest BCUT2D eigenvalue weighted by molar-refractivity contribution is 0.0967. The topological polar surface area (TPSA) is 29.1 Å². The molecule has 1 aliphatic heterocycles. The second-order valence-electron chi connectivity index (χ2n) is 4.04. The lowest BCUT2D eigenvalue weighted by Gasteiger charge is -2.09. The van der Waals surface area contributed by atoms with Crippen molar-refractivity contribution in [2.45, 2.75) is 25.3 Å². The molecule has 0 spiro atoms. The first-order valence-electron chi connectivity index (χ1n) is 5.38. The predicted octanol–water partition coefficient (Wildman–Crippen LogP) is 2.91. The van der Waals surface area contributed by atoms with Crippen molar-refractivity contribution in [3.63, 3.8) is 0 Å². The highest BCUT2D eigenvalue weighted by Crippen LogP contribution is 2.19. The van der Waals surface area contributed by atoms with E-state index in [2.05, 4.69) is 21.2 Å². The molecule has 0 bridgehead atoms. The standard InChI is InChI=1S/C12H13BrFNO/c13-8-3-4-11(14)10(6-8)12(16)7-9-2-1-5-15-9/h3-4,6,9,15H,1-2,5,7H2. The molecule has 4 heteroatoms. The summed E-state index contributed by atoms with van der Waals surface area (Å²) in [6.45, 7) is 0.957. The first kappa shape index (κ1) is 11.7. The molecule has 1 N–H and O–H groups in total. The minimum atomic E-state index is -0.439. The van der Waals surface area contributed by atoms with Crippen molar-refractivity contribution in [1.29, 1.82) is 0 Å². The fourth-order valence-corrected chi connectivity index (χ4v) is 2.34. The maximum absolute atomic E-state index is 13.4. The van der Waals surface area contributed by atoms with Gasteiger partial charge in [-0.05, 0) is 37.6 Å². The number of nitrogens with one attached hydrogen (secondary N) is 1. The highest BCUT2D eigenvalue weighted by atomic mass is 79.9. The Hall–Kier alpha value is -0.740. The monoisotopic (exact) mass is 285 g/mol. The van der Waals surface area contributed by atoms with E-state index in [1.807, 2.05) is 0 Å². The van der Waals surface area contributed by atoms with Crippen LogP contribution in [0, 0.1) is 5.82 Å². The van der Waals surface area contributed by atoms with E-state index in [4.69, 9.17) is 0 Å². The van der Waals surface area contributed by atoms with Gasteiger partial charge in [-0.3, -0.25) is 4.79 Å². The normalized spacial score (nSPS) is 20.0. The van der Waals surface area contributed by atoms with Crippen molar-refractivity contribution < 1.29 is 9.18 Å². The first-order chi connectivity index (χ1) is 7.66. The van der Waals surface area contributed by atoms with Gasteiger partial charge in [-0.1, -0.05) is 15.9 Å². The van der Waals surface area contributed by atoms with Gasteiger partial charge < -0.3 is 5.32 Å². The lowest BCUT2D eigenvalue weighted by atomic mass is 10.0. The van der Waals surface area contributed by atoms with E-state index in [1.165, 1.54) is 6.07 Å². The third-order valence-corrected chi connectivity index (χ3v) is 3.32. The molecule has 1 unspecified atom stereocenters. The van der Waals surface area contributed by atoms with Gasteiger partial charge in [0.15, 0.2) is 5.78 Å². The molecule has 0 radical (unpaired) electrons. The van der Waals surface area contributed by atoms with E-state index in [0.29, 0.717) is 6.42 Å². The van der Waals surface area contributed by atoms with Crippen LogP contribution in [0.25, 0.3) is 0 Å². The number of benzene rings is 1. The van der Waals surface area contributed by atoms with Crippen LogP contribution in [0.5, 0.6) is 0 Å². The van der Waals surface area contributed by atoms with Gasteiger partial charge in [-0.25, -0.2) is 4.39 Å². The molecule has 1 atom stereocenters. The third kappa shape index (κ3) is 2.68. The fourth-order valence-electron chi connectivity index (χ4n) is 1.98. The van der Waals surface area contributed by atoms with E-state index in [1.54, 1.807) is 12.1 Å². The van der Waals surface area contributed by atoms with E-state index >= 15 is 0 Å². The number of halogens is 2. The Balaban J connectivity index is 2.10. The van der Waals surface area contributed by atoms with Crippen LogP contribution in [-0.2, 0) is 0 Å². The van der Waals surface area contributed by atoms with Crippen LogP contribution in [-0.4, -0.2) is 18.4 Å². The molecule has 1 aliphatic rings. The molecule has 1 aromatic carbocycles. The average molecular weight is 286 g/mol. The average Bonchev–Trinajstić information content (AvgIpc) is 2.74. The third-order valence-electron chi connectivity index (χ3n) is 2.82. The molecule has 2 nitrogen and oxygen atoms in total. The molecular formula is C12H13BrFNO. The second kappa shape index (κ2) is 5.06. The molecule has 86 valence electrons. The summed E-state index contributed by atoms with van der Waals surface area (Å²) < 4.78 is 14.2. The van der Waals surface area contributed by atoms with Crippen molar-refractivity contribution >= 4 is 21.7 Å². The second-order valence-corrected chi connectivity index (χ2v) is 4.96. The van der Waals surface area contributed by atoms with Gasteiger partial charge in [-0.2, -0.15) is 0 Å². The minimum Gasteiger partial charge on any atom is -0.314 e. The van der Waals surface area contributed by atoms with Gasteiger partial charge >= 0.3 is 0 Å². The Labute approximate surface area is 102 Å². The summed E-state index contributed by atoms with van der Waals surface area (Å²) in [5.74, 6) is -0.565. The molecule has 0 amide bonds. The van der Waals surface area contributed by atoms with Crippen LogP contribution >= 0.6 is 15.9 Å². The summed E-state index contributed by atoms with van der Waals surface area (Å²) in [7, 11) is 0. The predicted molar refractivity (Wildman–Crippen MR) is 64.1 cm³/mol. The first-order valence-corrected chi connectivity index (χ1v) is 6.18. The Bertz CT molecular complexity index is 402. The highest BCUT2D eigenvalue weighted by Gasteiger charge is 2.20. The summed E-state index contributed by atoms with van der Waals surface area (Å²) in [5, 5.41) is 3.24. The van der Waals surface area contributed by atoms with Crippen LogP contribution in [0.4, 0.5) is 4.39 Å². The molecule has 1 aromatic rings. The Morgan fingerprint density at radius 2 is 2.38 bits per heavy atom. The molecule has 0 aromatic heterocycles. The summed E-state index contributed by atoms with van der Waals surface area (Å²) in [6.07, 6.45) is 2.48. The number of hydrogen-bond acceptors (Lipinski definition) is 2. The molecular weight excluding hydrogens is 273 g/mol. The fraction of sp³-hybridized carbons (Fsp3) is 0.417. The quantitative estimate of drug-likeness (QED) is 0.866. The van der Waals surface area contributed by atoms with Gasteiger partial charge in [-0.15, -0.1) is 0 Å². The van der Waals surface area contributed by atoms with Gasteiger partial charge in [0.05, 0.1) is 5.56 Å². The van der Waals surface area contributed by atoms with Gasteiger partial charge in [0.2, 0.25) is 0 Å². The smallest absolute Gasteiger partial charge is 0.167 e. The van der Waals surface area contributed by atoms with Crippen LogP contribution in [0.15, 0.2) is 22.7 Å². The summed E-state index contributed by atoms with van der Waals surface area (Å²) in [5.41, 5.74) is 0.183. The SMILES string of the molecule is O=C(CC1CCCN1)c1cc(Br)ccc1F. The van der Waals surface area contributed by atoms with E-state index in [-0.39, 0.29) is 17.4 Å². The zero-order valence-corrected chi connectivity index (χ0v) is 10.4. The number of carbonyl (C=O) groups excluding carboxylic acids is 1. The zero-order chi connectivity index (χ0) is 11.5. The van der Waals surface area contributed by atoms with E-state index < -0.39 is 5.82 Å². The van der Waals surface area contributed by atoms with E-state index in [9.17, 15) is 9.18 Å². The molecule has 0 aliphatic carbocycles. The van der Waals surface area contributed by atoms with Crippen molar-refractivity contribution in [1.82, 2.24) is 5.32 Å². The van der Waals surface area contributed by atoms with Gasteiger partial charge in [0.25, 0.3) is 0 Å². The van der Waals surface area contributed by atoms with Crippen molar-refractivity contribution in [2.24, 2.45) is 0 Å². The maximum atomic E-state index is 13.4. The van der Waals surface area contributed by atoms with Crippen LogP contribution in [0.3, 0.4) is 0 Å². The maximum Gasteiger partial charge on any atom is 0.167 e. The number of carbonyl (C=O) groups is 1. The lowest BCUT2D eigenvalue weighted by Crippen LogP contribution is -2.24. The van der Waals surface area contributed by atoms with Crippen molar-refractivity contribution in [3.8, 4) is 0 Å². The van der Waals surface area contributed by atoms with Gasteiger partial charge in [0, 0.05) is 16.9 Å². The Kier molecular flexibility index (Phi) is 3.71. The molecule has 2 rings (SSSR count). The summed E-state index contributed by atoms with van der Waals surface area (Å²) in [6, 6.07) is 4.68. The van der Waals surface area contributed by atoms with Crippen LogP contribution in [0.2, 0.25) is 0 Å². The van der Waals surface area contributed by atoms with Gasteiger partial charge in [0.1, 0.15) is 5.82 Å². The highest BCUT2D eigenvalue weighted by molar-refractivity contribution is 9.10. The Morgan fingerprint density at radius 1 is 1.56 bits per heavy atom. The molecule has 16 heavy (non-hydrogen) atoms. The number of Topliss-reactive ketones (excluding diaryl/α,β-unsaturated/α-hetero) is 1. The minimum absolute atomic E-state index is 0.127. The van der Waals surface area contributed by atoms with Crippen LogP contribution in [0.1, 0.15) is 29.6 Å². The van der Waals surface area contributed by atoms with Crippen molar-refractivity contribution in [2.75, 3.05) is 6.54 Å². The van der Waals surface area contributed by atoms with Crippen LogP contribution < -0.4 is 5.32 Å². The van der Waals surface area contributed by atoms with Crippen molar-refractivity contribution in [3.05, 3.63) is 34.1 Å². The number of rotatable bonds is 3. The number of ketones is 1. The molecule has 1 heterocycles. The molecule has 1 saturated heterocycles. The summed E-state index contributed by atoms with van der Waals surface area (Å²) >= 11 is 3.24. The molecule has 1 fully saturated rings. The van der Waals surface area contributed by atoms with E-state index in [0.717, 1.165) is 23.9 Å². The largest absolute Gasteiger partial charge is 0.314 e. The Morgan fingerprint density at radius 3 is 3.06 bits per heavy atom.